The van der Waals surface area contributed by atoms with Crippen molar-refractivity contribution in [1.82, 2.24) is 0 Å². The van der Waals surface area contributed by atoms with Crippen LogP contribution >= 0.6 is 0 Å². The maximum atomic E-state index is 4.60. The summed E-state index contributed by atoms with van der Waals surface area (Å²) in [6, 6.07) is 0. The van der Waals surface area contributed by atoms with Gasteiger partial charge in [-0.3, -0.25) is 0 Å². The molecule has 0 saturated carbocycles. The Bertz CT molecular complexity index is 21.5. The van der Waals surface area contributed by atoms with E-state index in [-0.39, 0.29) is 7.43 Å². The molecule has 0 fully saturated rings. The zero-order valence-corrected chi connectivity index (χ0v) is 8.08. The van der Waals surface area contributed by atoms with Gasteiger partial charge < -0.3 is 0 Å². The van der Waals surface area contributed by atoms with E-state index in [2.05, 4.69) is 12.3 Å². The first-order valence-corrected chi connectivity index (χ1v) is 3.79. The second-order valence-corrected chi connectivity index (χ2v) is 0.289. The molecule has 0 N–H and O–H groups in total. The van der Waals surface area contributed by atoms with E-state index in [0.717, 1.165) is 0 Å². The van der Waals surface area contributed by atoms with E-state index in [1.165, 1.54) is 0 Å². The molecular formula is C10H26. The topological polar surface area (TPSA) is 0 Å². The zero-order valence-electron chi connectivity index (χ0n) is 8.08. The van der Waals surface area contributed by atoms with Crippen LogP contribution in [-0.2, 0) is 0 Å². The van der Waals surface area contributed by atoms with Crippen LogP contribution in [-0.4, -0.2) is 0 Å². The van der Waals surface area contributed by atoms with E-state index in [0.29, 0.717) is 0 Å². The quantitative estimate of drug-likeness (QED) is 0.446. The molecule has 0 atom stereocenters. The van der Waals surface area contributed by atoms with E-state index in [9.17, 15) is 0 Å². The fraction of sp³-hybridized carbons (Fsp3) is 0.800. The lowest BCUT2D eigenvalue weighted by atomic mass is 10.9. The van der Waals surface area contributed by atoms with Crippen molar-refractivity contribution >= 4 is 0 Å². The minimum Gasteiger partial charge on any atom is -0.120 e. The zero-order chi connectivity index (χ0) is 8.71. The molecule has 0 aromatic carbocycles. The van der Waals surface area contributed by atoms with Gasteiger partial charge in [0.1, 0.15) is 0 Å². The Morgan fingerprint density at radius 2 is 0.800 bits per heavy atom. The highest BCUT2D eigenvalue weighted by Crippen LogP contribution is 1.21. The Balaban J connectivity index is -0.0000000110. The van der Waals surface area contributed by atoms with Crippen molar-refractivity contribution < 1.29 is 0 Å². The lowest BCUT2D eigenvalue weighted by Crippen LogP contribution is -1.10. The third-order valence-corrected chi connectivity index (χ3v) is 0. The number of terminal acetylenes is 1. The summed E-state index contributed by atoms with van der Waals surface area (Å²) in [5, 5.41) is 0. The van der Waals surface area contributed by atoms with Crippen LogP contribution in [0.15, 0.2) is 0 Å². The van der Waals surface area contributed by atoms with Crippen molar-refractivity contribution in [2.24, 2.45) is 0 Å². The normalized spacial score (nSPS) is 2.60. The van der Waals surface area contributed by atoms with Crippen LogP contribution < -0.4 is 0 Å². The third kappa shape index (κ3) is 1680. The molecule has 66 valence electrons. The molecule has 0 aliphatic carbocycles. The molecule has 10 heavy (non-hydrogen) atoms. The lowest BCUT2D eigenvalue weighted by molar-refractivity contribution is 1.50. The first-order chi connectivity index (χ1) is 4.41. The van der Waals surface area contributed by atoms with Gasteiger partial charge in [0.05, 0.1) is 0 Å². The van der Waals surface area contributed by atoms with Crippen molar-refractivity contribution in [3.05, 3.63) is 0 Å². The highest BCUT2D eigenvalue weighted by Gasteiger charge is 1.09. The molecule has 0 rings (SSSR count). The predicted molar refractivity (Wildman–Crippen MR) is 55.3 cm³/mol. The van der Waals surface area contributed by atoms with Crippen LogP contribution in [0, 0.1) is 12.3 Å². The number of hydrogen-bond acceptors (Lipinski definition) is 0. The van der Waals surface area contributed by atoms with Crippen LogP contribution in [0.5, 0.6) is 0 Å². The van der Waals surface area contributed by atoms with E-state index in [1.807, 2.05) is 41.5 Å². The van der Waals surface area contributed by atoms with Gasteiger partial charge >= 0.3 is 0 Å². The van der Waals surface area contributed by atoms with Gasteiger partial charge in [-0.05, 0) is 6.92 Å². The van der Waals surface area contributed by atoms with E-state index in [4.69, 9.17) is 0 Å². The second kappa shape index (κ2) is 1560. The Labute approximate surface area is 69.0 Å². The van der Waals surface area contributed by atoms with E-state index < -0.39 is 0 Å². The SMILES string of the molecule is C.C#CC.CC.CC.CC. The summed E-state index contributed by atoms with van der Waals surface area (Å²) < 4.78 is 0. The minimum atomic E-state index is 0. The van der Waals surface area contributed by atoms with Gasteiger partial charge in [-0.1, -0.05) is 49.0 Å². The summed E-state index contributed by atoms with van der Waals surface area (Å²) in [7, 11) is 0. The Morgan fingerprint density at radius 1 is 0.800 bits per heavy atom. The first kappa shape index (κ1) is 33.7. The summed E-state index contributed by atoms with van der Waals surface area (Å²) in [4.78, 5) is 0. The average Bonchev–Trinajstić information content (AvgIpc) is 2.01. The fourth-order valence-electron chi connectivity index (χ4n) is 0. The molecule has 0 radical (unpaired) electrons. The van der Waals surface area contributed by atoms with Crippen molar-refractivity contribution in [3.8, 4) is 12.3 Å². The molecule has 0 heteroatoms. The van der Waals surface area contributed by atoms with Crippen LogP contribution in [0.2, 0.25) is 0 Å². The van der Waals surface area contributed by atoms with Gasteiger partial charge in [0.15, 0.2) is 0 Å². The molecule has 0 heterocycles. The monoisotopic (exact) mass is 146 g/mol. The van der Waals surface area contributed by atoms with Crippen molar-refractivity contribution in [1.29, 1.82) is 0 Å². The summed E-state index contributed by atoms with van der Waals surface area (Å²) >= 11 is 0. The maximum absolute atomic E-state index is 4.60. The van der Waals surface area contributed by atoms with E-state index in [1.54, 1.807) is 6.92 Å². The number of hydrogen-bond donors (Lipinski definition) is 0. The smallest absolute Gasteiger partial charge is 0.00297 e. The molecule has 0 bridgehead atoms. The van der Waals surface area contributed by atoms with Crippen molar-refractivity contribution in [2.45, 2.75) is 55.9 Å². The standard InChI is InChI=1S/C3H4.3C2H6.CH4/c1-3-2;3*1-2;/h1H,2H3;3*1-2H3;1H4. The molecule has 0 aliphatic heterocycles. The molecule has 0 nitrogen and oxygen atoms in total. The molecule has 0 aliphatic rings. The van der Waals surface area contributed by atoms with Crippen LogP contribution in [0.1, 0.15) is 55.9 Å². The molecule has 0 aromatic heterocycles. The van der Waals surface area contributed by atoms with Gasteiger partial charge in [0, 0.05) is 0 Å². The van der Waals surface area contributed by atoms with Gasteiger partial charge in [0.25, 0.3) is 0 Å². The lowest BCUT2D eigenvalue weighted by Gasteiger charge is -1.23. The van der Waals surface area contributed by atoms with Gasteiger partial charge in [-0.15, -0.1) is 12.3 Å². The minimum absolute atomic E-state index is 0. The molecule has 0 saturated heterocycles. The predicted octanol–water partition coefficient (Wildman–Crippen LogP) is 4.35. The highest BCUT2D eigenvalue weighted by molar-refractivity contribution is 4.73. The molecule has 0 spiro atoms. The Morgan fingerprint density at radius 3 is 0.800 bits per heavy atom. The summed E-state index contributed by atoms with van der Waals surface area (Å²) in [5.74, 6) is 2.25. The Kier molecular flexibility index (Phi) is 5260. The number of rotatable bonds is 0. The third-order valence-electron chi connectivity index (χ3n) is 0. The van der Waals surface area contributed by atoms with Crippen LogP contribution in [0.4, 0.5) is 0 Å². The van der Waals surface area contributed by atoms with Crippen LogP contribution in [0.25, 0.3) is 0 Å². The first-order valence-electron chi connectivity index (χ1n) is 3.79. The summed E-state index contributed by atoms with van der Waals surface area (Å²) in [6.45, 7) is 13.7. The highest BCUT2D eigenvalue weighted by atomic mass is 13.2. The molecule has 0 amide bonds. The Hall–Kier alpha value is -0.440. The summed E-state index contributed by atoms with van der Waals surface area (Å²) in [6.07, 6.45) is 4.60. The van der Waals surface area contributed by atoms with Gasteiger partial charge in [-0.2, -0.15) is 0 Å². The fourth-order valence-corrected chi connectivity index (χ4v) is 0. The molecular weight excluding hydrogens is 120 g/mol. The van der Waals surface area contributed by atoms with Gasteiger partial charge in [0.2, 0.25) is 0 Å². The van der Waals surface area contributed by atoms with Gasteiger partial charge in [-0.25, -0.2) is 0 Å². The molecule has 0 aromatic rings. The van der Waals surface area contributed by atoms with Crippen molar-refractivity contribution in [3.63, 3.8) is 0 Å². The molecule has 0 unspecified atom stereocenters. The summed E-state index contributed by atoms with van der Waals surface area (Å²) in [5.41, 5.74) is 0. The largest absolute Gasteiger partial charge is 0.120 e. The second-order valence-electron chi connectivity index (χ2n) is 0.289. The van der Waals surface area contributed by atoms with Crippen molar-refractivity contribution in [2.75, 3.05) is 0 Å². The van der Waals surface area contributed by atoms with E-state index >= 15 is 0 Å². The average molecular weight is 146 g/mol. The van der Waals surface area contributed by atoms with Crippen LogP contribution in [0.3, 0.4) is 0 Å². The maximum Gasteiger partial charge on any atom is -0.00297 e.